The van der Waals surface area contributed by atoms with Crippen molar-refractivity contribution in [2.24, 2.45) is 11.5 Å². The van der Waals surface area contributed by atoms with Gasteiger partial charge < -0.3 is 27.1 Å². The molecule has 0 unspecified atom stereocenters. The van der Waals surface area contributed by atoms with Crippen LogP contribution in [-0.2, 0) is 9.59 Å². The molecule has 8 heteroatoms. The van der Waals surface area contributed by atoms with Crippen LogP contribution in [0.2, 0.25) is 0 Å². The highest BCUT2D eigenvalue weighted by molar-refractivity contribution is 6.08. The number of aromatic amines is 1. The van der Waals surface area contributed by atoms with Crippen LogP contribution < -0.4 is 17.2 Å². The predicted molar refractivity (Wildman–Crippen MR) is 77.0 cm³/mol. The van der Waals surface area contributed by atoms with Crippen LogP contribution in [0.15, 0.2) is 24.4 Å². The largest absolute Gasteiger partial charge is 0.399 e. The fraction of sp³-hybridized carbons (Fsp3) is 0.154. The first-order valence-corrected chi connectivity index (χ1v) is 6.11. The highest BCUT2D eigenvalue weighted by Gasteiger charge is 2.22. The fourth-order valence-corrected chi connectivity index (χ4v) is 2.07. The number of nitrogens with zero attached hydrogens (tertiary/aromatic N) is 1. The number of nitrogens with two attached hydrogens (primary N) is 3. The number of hydrogen-bond acceptors (Lipinski definition) is 4. The third-order valence-electron chi connectivity index (χ3n) is 2.92. The zero-order valence-corrected chi connectivity index (χ0v) is 11.1. The molecule has 1 heterocycles. The van der Waals surface area contributed by atoms with Crippen molar-refractivity contribution in [2.45, 2.75) is 0 Å². The third-order valence-corrected chi connectivity index (χ3v) is 2.92. The van der Waals surface area contributed by atoms with Gasteiger partial charge in [0.1, 0.15) is 13.1 Å². The van der Waals surface area contributed by atoms with Gasteiger partial charge in [-0.25, -0.2) is 0 Å². The van der Waals surface area contributed by atoms with Crippen LogP contribution in [0.1, 0.15) is 10.4 Å². The van der Waals surface area contributed by atoms with Crippen LogP contribution in [0, 0.1) is 0 Å². The number of amides is 3. The molecule has 0 aliphatic carbocycles. The second kappa shape index (κ2) is 5.53. The van der Waals surface area contributed by atoms with E-state index < -0.39 is 17.7 Å². The summed E-state index contributed by atoms with van der Waals surface area (Å²) in [6, 6.07) is 5.01. The minimum Gasteiger partial charge on any atom is -0.399 e. The maximum atomic E-state index is 12.4. The Kier molecular flexibility index (Phi) is 3.79. The first kappa shape index (κ1) is 14.4. The molecule has 21 heavy (non-hydrogen) atoms. The summed E-state index contributed by atoms with van der Waals surface area (Å²) >= 11 is 0. The van der Waals surface area contributed by atoms with E-state index in [1.165, 1.54) is 6.20 Å². The molecule has 0 aliphatic heterocycles. The van der Waals surface area contributed by atoms with Gasteiger partial charge in [-0.1, -0.05) is 0 Å². The molecule has 2 rings (SSSR count). The van der Waals surface area contributed by atoms with Gasteiger partial charge in [-0.05, 0) is 18.2 Å². The number of carbonyl (C=O) groups excluding carboxylic acids is 3. The molecule has 2 aromatic rings. The number of nitrogens with one attached hydrogen (secondary N) is 1. The van der Waals surface area contributed by atoms with Crippen LogP contribution >= 0.6 is 0 Å². The van der Waals surface area contributed by atoms with E-state index >= 15 is 0 Å². The molecule has 0 bridgehead atoms. The van der Waals surface area contributed by atoms with E-state index in [9.17, 15) is 14.4 Å². The number of carbonyl (C=O) groups is 3. The number of anilines is 1. The van der Waals surface area contributed by atoms with E-state index in [4.69, 9.17) is 17.2 Å². The first-order chi connectivity index (χ1) is 9.88. The van der Waals surface area contributed by atoms with Crippen molar-refractivity contribution < 1.29 is 14.4 Å². The molecule has 8 nitrogen and oxygen atoms in total. The Morgan fingerprint density at radius 2 is 1.71 bits per heavy atom. The molecule has 1 aromatic heterocycles. The lowest BCUT2D eigenvalue weighted by atomic mass is 10.1. The number of H-pyrrole nitrogens is 1. The molecule has 1 aromatic carbocycles. The predicted octanol–water partition coefficient (Wildman–Crippen LogP) is -0.837. The minimum absolute atomic E-state index is 0.313. The summed E-state index contributed by atoms with van der Waals surface area (Å²) in [5, 5.41) is 0.633. The molecule has 7 N–H and O–H groups in total. The molecule has 0 fully saturated rings. The quantitative estimate of drug-likeness (QED) is 0.531. The van der Waals surface area contributed by atoms with Crippen molar-refractivity contribution in [2.75, 3.05) is 18.8 Å². The summed E-state index contributed by atoms with van der Waals surface area (Å²) in [7, 11) is 0. The van der Waals surface area contributed by atoms with Gasteiger partial charge in [0.15, 0.2) is 0 Å². The number of rotatable bonds is 5. The lowest BCUT2D eigenvalue weighted by Gasteiger charge is -2.19. The number of aromatic nitrogens is 1. The standard InChI is InChI=1S/C13H15N5O3/c14-7-1-2-8-9(4-17-10(8)3-7)13(21)18(5-11(15)19)6-12(16)20/h1-4,17H,5-6,14H2,(H2,15,19)(H2,16,20). The number of benzene rings is 1. The zero-order chi connectivity index (χ0) is 15.6. The van der Waals surface area contributed by atoms with Crippen molar-refractivity contribution in [3.8, 4) is 0 Å². The van der Waals surface area contributed by atoms with E-state index in [-0.39, 0.29) is 13.1 Å². The number of hydrogen-bond donors (Lipinski definition) is 4. The summed E-state index contributed by atoms with van der Waals surface area (Å²) in [5.41, 5.74) is 17.4. The highest BCUT2D eigenvalue weighted by atomic mass is 16.2. The van der Waals surface area contributed by atoms with Crippen LogP contribution in [-0.4, -0.2) is 40.7 Å². The smallest absolute Gasteiger partial charge is 0.256 e. The van der Waals surface area contributed by atoms with Crippen LogP contribution in [0.4, 0.5) is 5.69 Å². The lowest BCUT2D eigenvalue weighted by Crippen LogP contribution is -2.43. The van der Waals surface area contributed by atoms with E-state index in [1.54, 1.807) is 18.2 Å². The van der Waals surface area contributed by atoms with Gasteiger partial charge in [0, 0.05) is 22.8 Å². The number of nitrogen functional groups attached to an aromatic ring is 1. The average Bonchev–Trinajstić information content (AvgIpc) is 2.78. The maximum Gasteiger partial charge on any atom is 0.256 e. The SMILES string of the molecule is NC(=O)CN(CC(N)=O)C(=O)c1c[nH]c2cc(N)ccc12. The highest BCUT2D eigenvalue weighted by Crippen LogP contribution is 2.21. The normalized spacial score (nSPS) is 10.5. The van der Waals surface area contributed by atoms with Gasteiger partial charge in [-0.15, -0.1) is 0 Å². The van der Waals surface area contributed by atoms with Gasteiger partial charge >= 0.3 is 0 Å². The molecular formula is C13H15N5O3. The van der Waals surface area contributed by atoms with Crippen molar-refractivity contribution in [3.05, 3.63) is 30.0 Å². The lowest BCUT2D eigenvalue weighted by molar-refractivity contribution is -0.121. The third kappa shape index (κ3) is 3.11. The Balaban J connectivity index is 2.38. The Labute approximate surface area is 119 Å². The van der Waals surface area contributed by atoms with Gasteiger partial charge in [0.05, 0.1) is 5.56 Å². The van der Waals surface area contributed by atoms with Crippen molar-refractivity contribution in [3.63, 3.8) is 0 Å². The first-order valence-electron chi connectivity index (χ1n) is 6.11. The van der Waals surface area contributed by atoms with Crippen LogP contribution in [0.5, 0.6) is 0 Å². The van der Waals surface area contributed by atoms with Crippen molar-refractivity contribution in [1.82, 2.24) is 9.88 Å². The summed E-state index contributed by atoms with van der Waals surface area (Å²) < 4.78 is 0. The Bertz CT molecular complexity index is 706. The Hall–Kier alpha value is -3.03. The molecular weight excluding hydrogens is 274 g/mol. The fourth-order valence-electron chi connectivity index (χ4n) is 2.07. The second-order valence-corrected chi connectivity index (χ2v) is 4.60. The van der Waals surface area contributed by atoms with E-state index in [2.05, 4.69) is 4.98 Å². The van der Waals surface area contributed by atoms with Crippen LogP contribution in [0.3, 0.4) is 0 Å². The molecule has 0 spiro atoms. The van der Waals surface area contributed by atoms with Crippen molar-refractivity contribution in [1.29, 1.82) is 0 Å². The number of primary amides is 2. The molecule has 0 saturated heterocycles. The maximum absolute atomic E-state index is 12.4. The van der Waals surface area contributed by atoms with E-state index in [1.807, 2.05) is 0 Å². The molecule has 3 amide bonds. The second-order valence-electron chi connectivity index (χ2n) is 4.60. The summed E-state index contributed by atoms with van der Waals surface area (Å²) in [6.07, 6.45) is 1.49. The number of fused-ring (bicyclic) bond motifs is 1. The monoisotopic (exact) mass is 289 g/mol. The summed E-state index contributed by atoms with van der Waals surface area (Å²) in [5.74, 6) is -1.97. The molecule has 0 saturated carbocycles. The van der Waals surface area contributed by atoms with Crippen LogP contribution in [0.25, 0.3) is 10.9 Å². The Morgan fingerprint density at radius 1 is 1.10 bits per heavy atom. The van der Waals surface area contributed by atoms with Gasteiger partial charge in [-0.2, -0.15) is 0 Å². The van der Waals surface area contributed by atoms with E-state index in [0.717, 1.165) is 4.90 Å². The van der Waals surface area contributed by atoms with E-state index in [0.29, 0.717) is 22.2 Å². The Morgan fingerprint density at radius 3 is 2.29 bits per heavy atom. The molecule has 0 radical (unpaired) electrons. The van der Waals surface area contributed by atoms with Gasteiger partial charge in [0.2, 0.25) is 11.8 Å². The van der Waals surface area contributed by atoms with Gasteiger partial charge in [0.25, 0.3) is 5.91 Å². The van der Waals surface area contributed by atoms with Crippen molar-refractivity contribution >= 4 is 34.3 Å². The molecule has 0 aliphatic rings. The van der Waals surface area contributed by atoms with Gasteiger partial charge in [-0.3, -0.25) is 14.4 Å². The topological polar surface area (TPSA) is 148 Å². The summed E-state index contributed by atoms with van der Waals surface area (Å²) in [6.45, 7) is -0.771. The summed E-state index contributed by atoms with van der Waals surface area (Å²) in [4.78, 5) is 38.4. The minimum atomic E-state index is -0.728. The zero-order valence-electron chi connectivity index (χ0n) is 11.1. The molecule has 110 valence electrons. The average molecular weight is 289 g/mol. The molecule has 0 atom stereocenters.